The SMILES string of the molecule is Cc1ccc(Cl)cc1.Cc1ccc(Cl)cc1. The number of halogens is 2. The summed E-state index contributed by atoms with van der Waals surface area (Å²) in [6.45, 7) is 4.08. The van der Waals surface area contributed by atoms with E-state index >= 15 is 0 Å². The third-order valence-electron chi connectivity index (χ3n) is 2.02. The summed E-state index contributed by atoms with van der Waals surface area (Å²) >= 11 is 11.2. The average molecular weight is 253 g/mol. The van der Waals surface area contributed by atoms with Crippen LogP contribution in [-0.4, -0.2) is 0 Å². The van der Waals surface area contributed by atoms with Crippen LogP contribution in [0, 0.1) is 13.8 Å². The van der Waals surface area contributed by atoms with Crippen LogP contribution in [0.2, 0.25) is 10.0 Å². The standard InChI is InChI=1S/2C7H7Cl/c2*1-6-2-4-7(8)5-3-6/h2*2-5H,1H3. The molecule has 2 aromatic carbocycles. The zero-order valence-electron chi connectivity index (χ0n) is 9.37. The van der Waals surface area contributed by atoms with Gasteiger partial charge in [-0.25, -0.2) is 0 Å². The Hall–Kier alpha value is -0.980. The highest BCUT2D eigenvalue weighted by Gasteiger charge is 1.82. The summed E-state index contributed by atoms with van der Waals surface area (Å²) in [7, 11) is 0. The quantitative estimate of drug-likeness (QED) is 0.597. The minimum absolute atomic E-state index is 0.801. The first-order valence-electron chi connectivity index (χ1n) is 5.02. The van der Waals surface area contributed by atoms with E-state index in [0.29, 0.717) is 0 Å². The molecule has 2 heteroatoms. The van der Waals surface area contributed by atoms with Gasteiger partial charge in [0.2, 0.25) is 0 Å². The average Bonchev–Trinajstić information content (AvgIpc) is 2.28. The van der Waals surface area contributed by atoms with E-state index in [-0.39, 0.29) is 0 Å². The Kier molecular flexibility index (Phi) is 5.37. The fraction of sp³-hybridized carbons (Fsp3) is 0.143. The molecule has 0 heterocycles. The molecule has 0 aliphatic heterocycles. The molecule has 0 fully saturated rings. The summed E-state index contributed by atoms with van der Waals surface area (Å²) in [5.41, 5.74) is 2.49. The van der Waals surface area contributed by atoms with Crippen LogP contribution in [0.25, 0.3) is 0 Å². The largest absolute Gasteiger partial charge is 0.0843 e. The van der Waals surface area contributed by atoms with Gasteiger partial charge >= 0.3 is 0 Å². The van der Waals surface area contributed by atoms with Crippen LogP contribution in [0.4, 0.5) is 0 Å². The van der Waals surface area contributed by atoms with E-state index in [1.54, 1.807) is 0 Å². The predicted octanol–water partition coefficient (Wildman–Crippen LogP) is 5.30. The Morgan fingerprint density at radius 2 is 0.812 bits per heavy atom. The summed E-state index contributed by atoms with van der Waals surface area (Å²) < 4.78 is 0. The smallest absolute Gasteiger partial charge is 0.0406 e. The molecule has 0 radical (unpaired) electrons. The molecule has 0 saturated heterocycles. The summed E-state index contributed by atoms with van der Waals surface area (Å²) in [4.78, 5) is 0. The van der Waals surface area contributed by atoms with Crippen molar-refractivity contribution in [2.75, 3.05) is 0 Å². The normalized spacial score (nSPS) is 9.25. The maximum Gasteiger partial charge on any atom is 0.0406 e. The molecule has 16 heavy (non-hydrogen) atoms. The Morgan fingerprint density at radius 3 is 1.00 bits per heavy atom. The first kappa shape index (κ1) is 13.1. The Labute approximate surface area is 107 Å². The van der Waals surface area contributed by atoms with E-state index < -0.39 is 0 Å². The second-order valence-corrected chi connectivity index (χ2v) is 4.46. The first-order valence-corrected chi connectivity index (χ1v) is 5.78. The van der Waals surface area contributed by atoms with Crippen LogP contribution in [0.3, 0.4) is 0 Å². The molecular formula is C14H14Cl2. The van der Waals surface area contributed by atoms with E-state index in [1.165, 1.54) is 11.1 Å². The van der Waals surface area contributed by atoms with Crippen molar-refractivity contribution in [3.63, 3.8) is 0 Å². The highest BCUT2D eigenvalue weighted by molar-refractivity contribution is 6.30. The van der Waals surface area contributed by atoms with Crippen LogP contribution in [0.1, 0.15) is 11.1 Å². The van der Waals surface area contributed by atoms with Gasteiger partial charge in [-0.1, -0.05) is 58.6 Å². The fourth-order valence-corrected chi connectivity index (χ4v) is 1.32. The van der Waals surface area contributed by atoms with Crippen molar-refractivity contribution in [1.29, 1.82) is 0 Å². The van der Waals surface area contributed by atoms with Gasteiger partial charge in [0.15, 0.2) is 0 Å². The van der Waals surface area contributed by atoms with E-state index in [2.05, 4.69) is 0 Å². The van der Waals surface area contributed by atoms with Gasteiger partial charge in [0, 0.05) is 10.0 Å². The highest BCUT2D eigenvalue weighted by atomic mass is 35.5. The molecule has 0 amide bonds. The molecule has 2 rings (SSSR count). The van der Waals surface area contributed by atoms with E-state index in [0.717, 1.165) is 10.0 Å². The second kappa shape index (κ2) is 6.57. The molecule has 0 unspecified atom stereocenters. The lowest BCUT2D eigenvalue weighted by Gasteiger charge is -1.88. The summed E-state index contributed by atoms with van der Waals surface area (Å²) in [5, 5.41) is 1.60. The molecular weight excluding hydrogens is 239 g/mol. The summed E-state index contributed by atoms with van der Waals surface area (Å²) in [6.07, 6.45) is 0. The minimum Gasteiger partial charge on any atom is -0.0843 e. The maximum atomic E-state index is 5.61. The van der Waals surface area contributed by atoms with Crippen molar-refractivity contribution in [3.05, 3.63) is 69.7 Å². The molecule has 0 N–H and O–H groups in total. The lowest BCUT2D eigenvalue weighted by atomic mass is 10.2. The molecule has 0 atom stereocenters. The van der Waals surface area contributed by atoms with Crippen molar-refractivity contribution < 1.29 is 0 Å². The van der Waals surface area contributed by atoms with Gasteiger partial charge < -0.3 is 0 Å². The van der Waals surface area contributed by atoms with Crippen LogP contribution in [0.5, 0.6) is 0 Å². The third kappa shape index (κ3) is 5.20. The monoisotopic (exact) mass is 252 g/mol. The van der Waals surface area contributed by atoms with Gasteiger partial charge in [0.1, 0.15) is 0 Å². The van der Waals surface area contributed by atoms with Crippen molar-refractivity contribution in [3.8, 4) is 0 Å². The Morgan fingerprint density at radius 1 is 0.562 bits per heavy atom. The lowest BCUT2D eigenvalue weighted by molar-refractivity contribution is 1.47. The lowest BCUT2D eigenvalue weighted by Crippen LogP contribution is -1.66. The third-order valence-corrected chi connectivity index (χ3v) is 2.53. The predicted molar refractivity (Wildman–Crippen MR) is 72.4 cm³/mol. The molecule has 0 aliphatic carbocycles. The van der Waals surface area contributed by atoms with Gasteiger partial charge in [-0.3, -0.25) is 0 Å². The fourth-order valence-electron chi connectivity index (χ4n) is 1.07. The van der Waals surface area contributed by atoms with Gasteiger partial charge in [-0.05, 0) is 38.1 Å². The number of benzene rings is 2. The first-order chi connectivity index (χ1) is 7.58. The molecule has 0 saturated carbocycles. The molecule has 0 spiro atoms. The molecule has 0 aliphatic rings. The van der Waals surface area contributed by atoms with Crippen molar-refractivity contribution in [2.24, 2.45) is 0 Å². The summed E-state index contributed by atoms with van der Waals surface area (Å²) in [6, 6.07) is 15.5. The molecule has 0 bridgehead atoms. The van der Waals surface area contributed by atoms with E-state index in [4.69, 9.17) is 23.2 Å². The highest BCUT2D eigenvalue weighted by Crippen LogP contribution is 2.08. The minimum atomic E-state index is 0.801. The number of rotatable bonds is 0. The molecule has 0 nitrogen and oxygen atoms in total. The van der Waals surface area contributed by atoms with Crippen molar-refractivity contribution in [1.82, 2.24) is 0 Å². The van der Waals surface area contributed by atoms with Gasteiger partial charge in [0.25, 0.3) is 0 Å². The molecule has 0 aromatic heterocycles. The maximum absolute atomic E-state index is 5.61. The van der Waals surface area contributed by atoms with Crippen LogP contribution < -0.4 is 0 Å². The number of hydrogen-bond donors (Lipinski definition) is 0. The van der Waals surface area contributed by atoms with Crippen molar-refractivity contribution >= 4 is 23.2 Å². The van der Waals surface area contributed by atoms with Crippen LogP contribution >= 0.6 is 23.2 Å². The van der Waals surface area contributed by atoms with E-state index in [1.807, 2.05) is 62.4 Å². The van der Waals surface area contributed by atoms with Gasteiger partial charge in [-0.2, -0.15) is 0 Å². The topological polar surface area (TPSA) is 0 Å². The molecule has 84 valence electrons. The zero-order chi connectivity index (χ0) is 12.0. The number of aryl methyl sites for hydroxylation is 2. The summed E-state index contributed by atoms with van der Waals surface area (Å²) in [5.74, 6) is 0. The van der Waals surface area contributed by atoms with Crippen LogP contribution in [0.15, 0.2) is 48.5 Å². The zero-order valence-corrected chi connectivity index (χ0v) is 10.9. The van der Waals surface area contributed by atoms with E-state index in [9.17, 15) is 0 Å². The second-order valence-electron chi connectivity index (χ2n) is 3.59. The Bertz CT molecular complexity index is 330. The van der Waals surface area contributed by atoms with Crippen LogP contribution in [-0.2, 0) is 0 Å². The number of hydrogen-bond acceptors (Lipinski definition) is 0. The van der Waals surface area contributed by atoms with Crippen molar-refractivity contribution in [2.45, 2.75) is 13.8 Å². The van der Waals surface area contributed by atoms with Gasteiger partial charge in [-0.15, -0.1) is 0 Å². The Balaban J connectivity index is 0.000000160. The molecule has 2 aromatic rings. The van der Waals surface area contributed by atoms with Gasteiger partial charge in [0.05, 0.1) is 0 Å².